The molecule has 3 nitrogen and oxygen atoms in total. The van der Waals surface area contributed by atoms with Gasteiger partial charge < -0.3 is 5.11 Å². The minimum absolute atomic E-state index is 0.0196. The molecule has 1 aliphatic heterocycles. The van der Waals surface area contributed by atoms with E-state index in [9.17, 15) is 9.90 Å². The normalized spacial score (nSPS) is 37.1. The number of piperidine rings is 1. The van der Waals surface area contributed by atoms with Crippen molar-refractivity contribution in [3.8, 4) is 0 Å². The Bertz CT molecular complexity index is 501. The summed E-state index contributed by atoms with van der Waals surface area (Å²) >= 11 is 0. The lowest BCUT2D eigenvalue weighted by Crippen LogP contribution is -2.39. The average molecular weight is 259 g/mol. The fraction of sp³-hybridized carbons (Fsp3) is 0.562. The summed E-state index contributed by atoms with van der Waals surface area (Å²) in [6.45, 7) is 6.02. The molecular formula is C16H21NO2. The standard InChI is InChI=1S/C16H21NO2/c1-3-13-16(14(18)19)10-15(16,2)11-17(13)9-12-7-5-4-6-8-12/h4-8,13H,3,9-11H2,1-2H3,(H,18,19). The van der Waals surface area contributed by atoms with Crippen LogP contribution in [0.2, 0.25) is 0 Å². The van der Waals surface area contributed by atoms with Crippen LogP contribution in [0.25, 0.3) is 0 Å². The van der Waals surface area contributed by atoms with Crippen molar-refractivity contribution >= 4 is 5.97 Å². The first-order valence-corrected chi connectivity index (χ1v) is 7.05. The van der Waals surface area contributed by atoms with Crippen LogP contribution in [-0.4, -0.2) is 28.6 Å². The Hall–Kier alpha value is -1.35. The van der Waals surface area contributed by atoms with E-state index in [-0.39, 0.29) is 11.5 Å². The van der Waals surface area contributed by atoms with Crippen LogP contribution in [-0.2, 0) is 11.3 Å². The topological polar surface area (TPSA) is 40.5 Å². The summed E-state index contributed by atoms with van der Waals surface area (Å²) in [5.74, 6) is -0.600. The van der Waals surface area contributed by atoms with Gasteiger partial charge in [-0.1, -0.05) is 44.2 Å². The van der Waals surface area contributed by atoms with Gasteiger partial charge in [-0.15, -0.1) is 0 Å². The number of hydrogen-bond donors (Lipinski definition) is 1. The van der Waals surface area contributed by atoms with E-state index >= 15 is 0 Å². The Kier molecular flexibility index (Phi) is 2.72. The Morgan fingerprint density at radius 3 is 2.68 bits per heavy atom. The molecule has 1 saturated heterocycles. The molecule has 19 heavy (non-hydrogen) atoms. The van der Waals surface area contributed by atoms with Crippen molar-refractivity contribution in [2.24, 2.45) is 10.8 Å². The van der Waals surface area contributed by atoms with Gasteiger partial charge in [-0.3, -0.25) is 9.69 Å². The monoisotopic (exact) mass is 259 g/mol. The van der Waals surface area contributed by atoms with E-state index < -0.39 is 11.4 Å². The maximum atomic E-state index is 11.7. The number of aliphatic carboxylic acids is 1. The summed E-state index contributed by atoms with van der Waals surface area (Å²) in [5, 5.41) is 9.64. The molecule has 2 aliphatic rings. The van der Waals surface area contributed by atoms with Gasteiger partial charge in [-0.05, 0) is 23.8 Å². The molecule has 102 valence electrons. The van der Waals surface area contributed by atoms with Crippen LogP contribution in [0.4, 0.5) is 0 Å². The predicted molar refractivity (Wildman–Crippen MR) is 73.7 cm³/mol. The van der Waals surface area contributed by atoms with Crippen LogP contribution in [0, 0.1) is 10.8 Å². The first-order valence-electron chi connectivity index (χ1n) is 7.05. The molecule has 0 spiro atoms. The van der Waals surface area contributed by atoms with Crippen molar-refractivity contribution in [1.82, 2.24) is 4.90 Å². The van der Waals surface area contributed by atoms with Crippen LogP contribution in [0.5, 0.6) is 0 Å². The zero-order valence-corrected chi connectivity index (χ0v) is 11.6. The zero-order chi connectivity index (χ0) is 13.7. The van der Waals surface area contributed by atoms with Gasteiger partial charge >= 0.3 is 5.97 Å². The average Bonchev–Trinajstić information content (AvgIpc) is 2.91. The maximum Gasteiger partial charge on any atom is 0.311 e. The molecule has 3 atom stereocenters. The second-order valence-corrected chi connectivity index (χ2v) is 6.33. The Balaban J connectivity index is 1.84. The third kappa shape index (κ3) is 1.64. The minimum atomic E-state index is -0.600. The fourth-order valence-electron chi connectivity index (χ4n) is 4.23. The molecule has 1 heterocycles. The Morgan fingerprint density at radius 2 is 2.11 bits per heavy atom. The summed E-state index contributed by atoms with van der Waals surface area (Å²) in [4.78, 5) is 14.1. The second kappa shape index (κ2) is 4.07. The summed E-state index contributed by atoms with van der Waals surface area (Å²) in [6.07, 6.45) is 1.76. The molecule has 1 saturated carbocycles. The molecule has 3 rings (SSSR count). The number of benzene rings is 1. The molecule has 1 aromatic carbocycles. The van der Waals surface area contributed by atoms with Crippen molar-refractivity contribution in [1.29, 1.82) is 0 Å². The molecule has 2 fully saturated rings. The van der Waals surface area contributed by atoms with E-state index in [1.165, 1.54) is 5.56 Å². The van der Waals surface area contributed by atoms with Gasteiger partial charge in [0, 0.05) is 19.1 Å². The van der Waals surface area contributed by atoms with E-state index in [4.69, 9.17) is 0 Å². The van der Waals surface area contributed by atoms with Crippen LogP contribution < -0.4 is 0 Å². The molecule has 0 bridgehead atoms. The van der Waals surface area contributed by atoms with Gasteiger partial charge in [0.2, 0.25) is 0 Å². The largest absolute Gasteiger partial charge is 0.481 e. The van der Waals surface area contributed by atoms with E-state index in [0.717, 1.165) is 25.9 Å². The summed E-state index contributed by atoms with van der Waals surface area (Å²) < 4.78 is 0. The number of rotatable bonds is 4. The number of carboxylic acids is 1. The van der Waals surface area contributed by atoms with E-state index in [1.807, 2.05) is 18.2 Å². The van der Waals surface area contributed by atoms with Crippen molar-refractivity contribution in [3.05, 3.63) is 35.9 Å². The number of carbonyl (C=O) groups is 1. The lowest BCUT2D eigenvalue weighted by molar-refractivity contribution is -0.146. The van der Waals surface area contributed by atoms with Crippen molar-refractivity contribution in [3.63, 3.8) is 0 Å². The van der Waals surface area contributed by atoms with Crippen molar-refractivity contribution in [2.45, 2.75) is 39.3 Å². The molecule has 3 heteroatoms. The molecule has 0 radical (unpaired) electrons. The second-order valence-electron chi connectivity index (χ2n) is 6.33. The van der Waals surface area contributed by atoms with Gasteiger partial charge in [-0.25, -0.2) is 0 Å². The lowest BCUT2D eigenvalue weighted by atomic mass is 9.90. The third-order valence-electron chi connectivity index (χ3n) is 5.18. The van der Waals surface area contributed by atoms with Gasteiger partial charge in [-0.2, -0.15) is 0 Å². The summed E-state index contributed by atoms with van der Waals surface area (Å²) in [5.41, 5.74) is 0.761. The number of carboxylic acid groups (broad SMARTS) is 1. The van der Waals surface area contributed by atoms with Crippen LogP contribution in [0.1, 0.15) is 32.3 Å². The highest BCUT2D eigenvalue weighted by atomic mass is 16.4. The SMILES string of the molecule is CCC1N(Cc2ccccc2)CC2(C)CC12C(=O)O. The number of nitrogens with zero attached hydrogens (tertiary/aromatic N) is 1. The highest BCUT2D eigenvalue weighted by Crippen LogP contribution is 2.71. The third-order valence-corrected chi connectivity index (χ3v) is 5.18. The number of fused-ring (bicyclic) bond motifs is 1. The maximum absolute atomic E-state index is 11.7. The molecule has 0 aromatic heterocycles. The number of likely N-dealkylation sites (tertiary alicyclic amines) is 1. The van der Waals surface area contributed by atoms with Gasteiger partial charge in [0.05, 0.1) is 5.41 Å². The molecule has 1 N–H and O–H groups in total. The van der Waals surface area contributed by atoms with Gasteiger partial charge in [0.25, 0.3) is 0 Å². The molecule has 0 amide bonds. The van der Waals surface area contributed by atoms with Crippen LogP contribution in [0.3, 0.4) is 0 Å². The highest BCUT2D eigenvalue weighted by molar-refractivity contribution is 5.82. The van der Waals surface area contributed by atoms with E-state index in [0.29, 0.717) is 0 Å². The van der Waals surface area contributed by atoms with Crippen LogP contribution in [0.15, 0.2) is 30.3 Å². The van der Waals surface area contributed by atoms with Crippen LogP contribution >= 0.6 is 0 Å². The van der Waals surface area contributed by atoms with E-state index in [2.05, 4.69) is 30.9 Å². The van der Waals surface area contributed by atoms with Gasteiger partial charge in [0.15, 0.2) is 0 Å². The Morgan fingerprint density at radius 1 is 1.42 bits per heavy atom. The molecular weight excluding hydrogens is 238 g/mol. The quantitative estimate of drug-likeness (QED) is 0.904. The molecule has 1 aromatic rings. The minimum Gasteiger partial charge on any atom is -0.481 e. The Labute approximate surface area is 114 Å². The first kappa shape index (κ1) is 12.7. The highest BCUT2D eigenvalue weighted by Gasteiger charge is 2.77. The zero-order valence-electron chi connectivity index (χ0n) is 11.6. The first-order chi connectivity index (χ1) is 9.03. The van der Waals surface area contributed by atoms with E-state index in [1.54, 1.807) is 0 Å². The van der Waals surface area contributed by atoms with Crippen molar-refractivity contribution < 1.29 is 9.90 Å². The lowest BCUT2D eigenvalue weighted by Gasteiger charge is -2.29. The van der Waals surface area contributed by atoms with Gasteiger partial charge in [0.1, 0.15) is 0 Å². The molecule has 1 aliphatic carbocycles. The number of hydrogen-bond acceptors (Lipinski definition) is 2. The van der Waals surface area contributed by atoms with Crippen molar-refractivity contribution in [2.75, 3.05) is 6.54 Å². The fourth-order valence-corrected chi connectivity index (χ4v) is 4.23. The summed E-state index contributed by atoms with van der Waals surface area (Å²) in [6, 6.07) is 10.5. The smallest absolute Gasteiger partial charge is 0.311 e. The summed E-state index contributed by atoms with van der Waals surface area (Å²) in [7, 11) is 0. The molecule has 3 unspecified atom stereocenters. The predicted octanol–water partition coefficient (Wildman–Crippen LogP) is 2.76.